The SMILES string of the molecule is CN(C(=O)CN(C)S(=O)(=O)c1ccccc1)C1CCN(CCc2ccccn2)CC1. The highest BCUT2D eigenvalue weighted by Crippen LogP contribution is 2.18. The summed E-state index contributed by atoms with van der Waals surface area (Å²) in [5, 5.41) is 0. The summed E-state index contributed by atoms with van der Waals surface area (Å²) in [5.74, 6) is -0.177. The fourth-order valence-electron chi connectivity index (χ4n) is 3.71. The molecule has 0 radical (unpaired) electrons. The second-order valence-corrected chi connectivity index (χ2v) is 9.77. The number of nitrogens with zero attached hydrogens (tertiary/aromatic N) is 4. The van der Waals surface area contributed by atoms with Crippen LogP contribution in [0.15, 0.2) is 59.6 Å². The van der Waals surface area contributed by atoms with Crippen molar-refractivity contribution in [2.24, 2.45) is 0 Å². The summed E-state index contributed by atoms with van der Waals surface area (Å²) in [4.78, 5) is 21.4. The van der Waals surface area contributed by atoms with Gasteiger partial charge in [0.2, 0.25) is 15.9 Å². The van der Waals surface area contributed by atoms with Crippen LogP contribution in [0.5, 0.6) is 0 Å². The van der Waals surface area contributed by atoms with E-state index in [1.165, 1.54) is 7.05 Å². The average Bonchev–Trinajstić information content (AvgIpc) is 2.78. The fraction of sp³-hybridized carbons (Fsp3) is 0.455. The van der Waals surface area contributed by atoms with Crippen LogP contribution < -0.4 is 0 Å². The molecule has 30 heavy (non-hydrogen) atoms. The lowest BCUT2D eigenvalue weighted by Crippen LogP contribution is -2.48. The third-order valence-corrected chi connectivity index (χ3v) is 7.54. The third kappa shape index (κ3) is 5.65. The average molecular weight is 431 g/mol. The Bertz CT molecular complexity index is 914. The number of hydrogen-bond donors (Lipinski definition) is 0. The minimum Gasteiger partial charge on any atom is -0.342 e. The van der Waals surface area contributed by atoms with Gasteiger partial charge >= 0.3 is 0 Å². The molecule has 162 valence electrons. The molecule has 1 saturated heterocycles. The summed E-state index contributed by atoms with van der Waals surface area (Å²) in [6, 6.07) is 14.3. The van der Waals surface area contributed by atoms with Gasteiger partial charge in [0, 0.05) is 58.1 Å². The molecule has 0 aliphatic carbocycles. The fourth-order valence-corrected chi connectivity index (χ4v) is 4.85. The summed E-state index contributed by atoms with van der Waals surface area (Å²) < 4.78 is 26.4. The molecular formula is C22H30N4O3S. The van der Waals surface area contributed by atoms with E-state index in [0.29, 0.717) is 0 Å². The second-order valence-electron chi connectivity index (χ2n) is 7.72. The molecule has 1 aliphatic rings. The quantitative estimate of drug-likeness (QED) is 0.639. The maximum absolute atomic E-state index is 12.7. The number of hydrogen-bond acceptors (Lipinski definition) is 5. The van der Waals surface area contributed by atoms with E-state index < -0.39 is 10.0 Å². The van der Waals surface area contributed by atoms with Gasteiger partial charge < -0.3 is 9.80 Å². The molecule has 0 N–H and O–H groups in total. The molecule has 0 atom stereocenters. The van der Waals surface area contributed by atoms with Crippen molar-refractivity contribution >= 4 is 15.9 Å². The lowest BCUT2D eigenvalue weighted by molar-refractivity contribution is -0.132. The Morgan fingerprint density at radius 2 is 1.73 bits per heavy atom. The highest BCUT2D eigenvalue weighted by atomic mass is 32.2. The van der Waals surface area contributed by atoms with Gasteiger partial charge in [-0.2, -0.15) is 4.31 Å². The molecule has 3 rings (SSSR count). The Morgan fingerprint density at radius 3 is 2.37 bits per heavy atom. The van der Waals surface area contributed by atoms with E-state index in [-0.39, 0.29) is 23.4 Å². The van der Waals surface area contributed by atoms with Crippen molar-refractivity contribution in [2.75, 3.05) is 40.3 Å². The van der Waals surface area contributed by atoms with E-state index in [1.807, 2.05) is 24.4 Å². The van der Waals surface area contributed by atoms with Crippen molar-refractivity contribution in [1.29, 1.82) is 0 Å². The number of carbonyl (C=O) groups is 1. The topological polar surface area (TPSA) is 73.8 Å². The van der Waals surface area contributed by atoms with E-state index in [4.69, 9.17) is 0 Å². The van der Waals surface area contributed by atoms with Crippen molar-refractivity contribution in [3.05, 3.63) is 60.4 Å². The third-order valence-electron chi connectivity index (χ3n) is 5.72. The Morgan fingerprint density at radius 1 is 1.07 bits per heavy atom. The minimum atomic E-state index is -3.67. The minimum absolute atomic E-state index is 0.136. The molecule has 0 saturated carbocycles. The first-order valence-corrected chi connectivity index (χ1v) is 11.7. The molecule has 8 heteroatoms. The number of rotatable bonds is 8. The van der Waals surface area contributed by atoms with E-state index in [9.17, 15) is 13.2 Å². The molecule has 0 spiro atoms. The maximum Gasteiger partial charge on any atom is 0.243 e. The van der Waals surface area contributed by atoms with Crippen LogP contribution in [0.1, 0.15) is 18.5 Å². The number of likely N-dealkylation sites (tertiary alicyclic amines) is 1. The zero-order valence-electron chi connectivity index (χ0n) is 17.6. The maximum atomic E-state index is 12.7. The number of amides is 1. The van der Waals surface area contributed by atoms with Crippen LogP contribution >= 0.6 is 0 Å². The van der Waals surface area contributed by atoms with E-state index in [0.717, 1.165) is 48.9 Å². The van der Waals surface area contributed by atoms with E-state index in [2.05, 4.69) is 9.88 Å². The van der Waals surface area contributed by atoms with Crippen LogP contribution in [0, 0.1) is 0 Å². The van der Waals surface area contributed by atoms with Gasteiger partial charge in [0.05, 0.1) is 11.4 Å². The van der Waals surface area contributed by atoms with Crippen molar-refractivity contribution in [1.82, 2.24) is 19.1 Å². The van der Waals surface area contributed by atoms with Crippen molar-refractivity contribution in [3.8, 4) is 0 Å². The monoisotopic (exact) mass is 430 g/mol. The number of sulfonamides is 1. The molecule has 7 nitrogen and oxygen atoms in total. The standard InChI is InChI=1S/C22H30N4O3S/c1-24(30(28,29)21-9-4-3-5-10-21)18-22(27)25(2)20-12-16-26(17-13-20)15-11-19-8-6-7-14-23-19/h3-10,14,20H,11-13,15-18H2,1-2H3. The largest absolute Gasteiger partial charge is 0.342 e. The highest BCUT2D eigenvalue weighted by Gasteiger charge is 2.28. The zero-order valence-corrected chi connectivity index (χ0v) is 18.5. The zero-order chi connectivity index (χ0) is 21.6. The van der Waals surface area contributed by atoms with Gasteiger partial charge in [-0.15, -0.1) is 0 Å². The van der Waals surface area contributed by atoms with Crippen molar-refractivity contribution in [3.63, 3.8) is 0 Å². The number of carbonyl (C=O) groups excluding carboxylic acids is 1. The molecule has 0 unspecified atom stereocenters. The summed E-state index contributed by atoms with van der Waals surface area (Å²) >= 11 is 0. The van der Waals surface area contributed by atoms with Crippen LogP contribution in [-0.2, 0) is 21.2 Å². The second kappa shape index (κ2) is 10.1. The number of aromatic nitrogens is 1. The van der Waals surface area contributed by atoms with Gasteiger partial charge in [0.1, 0.15) is 0 Å². The van der Waals surface area contributed by atoms with Gasteiger partial charge in [-0.05, 0) is 37.1 Å². The predicted octanol–water partition coefficient (Wildman–Crippen LogP) is 1.87. The van der Waals surface area contributed by atoms with Crippen LogP contribution in [0.25, 0.3) is 0 Å². The Hall–Kier alpha value is -2.29. The molecule has 1 fully saturated rings. The molecular weight excluding hydrogens is 400 g/mol. The lowest BCUT2D eigenvalue weighted by Gasteiger charge is -2.37. The highest BCUT2D eigenvalue weighted by molar-refractivity contribution is 7.89. The van der Waals surface area contributed by atoms with Gasteiger partial charge in [-0.25, -0.2) is 8.42 Å². The Labute approximate surface area is 179 Å². The molecule has 0 bridgehead atoms. The summed E-state index contributed by atoms with van der Waals surface area (Å²) in [6.45, 7) is 2.65. The first-order chi connectivity index (χ1) is 14.4. The molecule has 2 heterocycles. The van der Waals surface area contributed by atoms with E-state index >= 15 is 0 Å². The number of piperidine rings is 1. The predicted molar refractivity (Wildman–Crippen MR) is 116 cm³/mol. The molecule has 1 aromatic heterocycles. The lowest BCUT2D eigenvalue weighted by atomic mass is 10.0. The van der Waals surface area contributed by atoms with Gasteiger partial charge in [0.25, 0.3) is 0 Å². The molecule has 1 amide bonds. The van der Waals surface area contributed by atoms with Crippen molar-refractivity contribution < 1.29 is 13.2 Å². The Balaban J connectivity index is 1.47. The number of likely N-dealkylation sites (N-methyl/N-ethyl adjacent to an activating group) is 2. The first-order valence-electron chi connectivity index (χ1n) is 10.3. The number of pyridine rings is 1. The van der Waals surface area contributed by atoms with Crippen molar-refractivity contribution in [2.45, 2.75) is 30.2 Å². The van der Waals surface area contributed by atoms with Gasteiger partial charge in [-0.3, -0.25) is 9.78 Å². The van der Waals surface area contributed by atoms with E-state index in [1.54, 1.807) is 42.3 Å². The smallest absolute Gasteiger partial charge is 0.243 e. The Kier molecular flexibility index (Phi) is 7.58. The van der Waals surface area contributed by atoms with Gasteiger partial charge in [-0.1, -0.05) is 24.3 Å². The van der Waals surface area contributed by atoms with Crippen LogP contribution in [0.3, 0.4) is 0 Å². The number of benzene rings is 1. The normalized spacial score (nSPS) is 16.0. The van der Waals surface area contributed by atoms with Crippen LogP contribution in [0.2, 0.25) is 0 Å². The summed E-state index contributed by atoms with van der Waals surface area (Å²) in [6.07, 6.45) is 4.51. The van der Waals surface area contributed by atoms with Crippen LogP contribution in [0.4, 0.5) is 0 Å². The first kappa shape index (κ1) is 22.4. The van der Waals surface area contributed by atoms with Crippen LogP contribution in [-0.4, -0.2) is 79.7 Å². The molecule has 2 aromatic rings. The summed E-state index contributed by atoms with van der Waals surface area (Å²) in [7, 11) is -0.439. The molecule has 1 aromatic carbocycles. The summed E-state index contributed by atoms with van der Waals surface area (Å²) in [5.41, 5.74) is 1.09. The van der Waals surface area contributed by atoms with Gasteiger partial charge in [0.15, 0.2) is 0 Å². The molecule has 1 aliphatic heterocycles.